The topological polar surface area (TPSA) is 63.7 Å². The van der Waals surface area contributed by atoms with Crippen LogP contribution in [0.2, 0.25) is 10.0 Å². The highest BCUT2D eigenvalue weighted by Gasteiger charge is 2.28. The molecule has 0 bridgehead atoms. The molecule has 0 fully saturated rings. The first kappa shape index (κ1) is 21.5. The van der Waals surface area contributed by atoms with E-state index in [2.05, 4.69) is 0 Å². The largest absolute Gasteiger partial charge is 0.465 e. The smallest absolute Gasteiger partial charge is 0.326 e. The Hall–Kier alpha value is -1.76. The lowest BCUT2D eigenvalue weighted by Crippen LogP contribution is -2.36. The molecular weight excluding hydrogens is 409 g/mol. The minimum atomic E-state index is -4.05. The minimum absolute atomic E-state index is 0.0610. The van der Waals surface area contributed by atoms with E-state index in [0.29, 0.717) is 11.6 Å². The molecule has 0 N–H and O–H groups in total. The second-order valence-corrected chi connectivity index (χ2v) is 8.82. The van der Waals surface area contributed by atoms with Gasteiger partial charge in [-0.3, -0.25) is 9.10 Å². The van der Waals surface area contributed by atoms with Crippen LogP contribution in [0, 0.1) is 0 Å². The third-order valence-electron chi connectivity index (χ3n) is 3.90. The molecule has 27 heavy (non-hydrogen) atoms. The lowest BCUT2D eigenvalue weighted by molar-refractivity contribution is -0.141. The normalized spacial score (nSPS) is 11.5. The molecule has 8 heteroatoms. The summed E-state index contributed by atoms with van der Waals surface area (Å²) in [6.45, 7) is 5.45. The van der Waals surface area contributed by atoms with Crippen molar-refractivity contribution in [2.45, 2.75) is 31.6 Å². The predicted octanol–water partition coefficient (Wildman–Crippen LogP) is 4.88. The van der Waals surface area contributed by atoms with E-state index in [4.69, 9.17) is 27.9 Å². The van der Waals surface area contributed by atoms with E-state index in [1.807, 2.05) is 26.0 Å². The van der Waals surface area contributed by atoms with Crippen LogP contribution in [0.1, 0.15) is 32.3 Å². The first-order chi connectivity index (χ1) is 12.7. The molecule has 0 aliphatic heterocycles. The van der Waals surface area contributed by atoms with Crippen LogP contribution in [0.3, 0.4) is 0 Å². The lowest BCUT2D eigenvalue weighted by Gasteiger charge is -2.24. The molecule has 0 saturated carbocycles. The van der Waals surface area contributed by atoms with Crippen molar-refractivity contribution in [3.63, 3.8) is 0 Å². The van der Waals surface area contributed by atoms with Crippen molar-refractivity contribution in [3.05, 3.63) is 58.1 Å². The highest BCUT2D eigenvalue weighted by molar-refractivity contribution is 7.92. The zero-order chi connectivity index (χ0) is 20.2. The quantitative estimate of drug-likeness (QED) is 0.588. The number of nitrogens with zero attached hydrogens (tertiary/aromatic N) is 1. The third-order valence-corrected chi connectivity index (χ3v) is 6.41. The Balaban J connectivity index is 2.50. The second-order valence-electron chi connectivity index (χ2n) is 6.14. The van der Waals surface area contributed by atoms with E-state index in [9.17, 15) is 13.2 Å². The maximum atomic E-state index is 13.2. The summed E-state index contributed by atoms with van der Waals surface area (Å²) < 4.78 is 32.3. The second kappa shape index (κ2) is 8.95. The van der Waals surface area contributed by atoms with Gasteiger partial charge >= 0.3 is 5.97 Å². The van der Waals surface area contributed by atoms with Gasteiger partial charge in [-0.25, -0.2) is 8.42 Å². The number of hydrogen-bond donors (Lipinski definition) is 0. The Kier molecular flexibility index (Phi) is 7.14. The van der Waals surface area contributed by atoms with Crippen LogP contribution in [0.15, 0.2) is 47.4 Å². The Morgan fingerprint density at radius 1 is 1.07 bits per heavy atom. The van der Waals surface area contributed by atoms with Crippen molar-refractivity contribution >= 4 is 44.9 Å². The van der Waals surface area contributed by atoms with Crippen molar-refractivity contribution in [2.24, 2.45) is 0 Å². The standard InChI is InChI=1S/C19H21Cl2NO4S/c1-4-26-19(23)12-22(15-7-5-14(6-8-15)13(2)3)27(24,25)16-9-10-17(20)18(21)11-16/h5-11,13H,4,12H2,1-3H3. The monoisotopic (exact) mass is 429 g/mol. The summed E-state index contributed by atoms with van der Waals surface area (Å²) in [5.74, 6) is -0.349. The first-order valence-corrected chi connectivity index (χ1v) is 10.6. The molecular formula is C19H21Cl2NO4S. The van der Waals surface area contributed by atoms with Crippen molar-refractivity contribution < 1.29 is 17.9 Å². The highest BCUT2D eigenvalue weighted by Crippen LogP contribution is 2.29. The molecule has 0 radical (unpaired) electrons. The number of rotatable bonds is 7. The van der Waals surface area contributed by atoms with Crippen LogP contribution >= 0.6 is 23.2 Å². The average Bonchev–Trinajstić information content (AvgIpc) is 2.62. The van der Waals surface area contributed by atoms with Gasteiger partial charge in [-0.15, -0.1) is 0 Å². The van der Waals surface area contributed by atoms with Gasteiger partial charge in [-0.1, -0.05) is 49.2 Å². The molecule has 0 unspecified atom stereocenters. The fourth-order valence-electron chi connectivity index (χ4n) is 2.43. The fourth-order valence-corrected chi connectivity index (χ4v) is 4.23. The van der Waals surface area contributed by atoms with Crippen LogP contribution in [-0.4, -0.2) is 27.5 Å². The summed E-state index contributed by atoms with van der Waals surface area (Å²) in [5.41, 5.74) is 1.42. The number of carbonyl (C=O) groups is 1. The molecule has 0 saturated heterocycles. The molecule has 0 heterocycles. The summed E-state index contributed by atoms with van der Waals surface area (Å²) in [6, 6.07) is 11.0. The maximum Gasteiger partial charge on any atom is 0.326 e. The van der Waals surface area contributed by atoms with E-state index in [-0.39, 0.29) is 21.5 Å². The van der Waals surface area contributed by atoms with E-state index in [1.54, 1.807) is 19.1 Å². The minimum Gasteiger partial charge on any atom is -0.465 e. The number of halogens is 2. The van der Waals surface area contributed by atoms with Gasteiger partial charge in [-0.2, -0.15) is 0 Å². The summed E-state index contributed by atoms with van der Waals surface area (Å²) >= 11 is 11.9. The van der Waals surface area contributed by atoms with E-state index in [1.165, 1.54) is 18.2 Å². The number of esters is 1. The van der Waals surface area contributed by atoms with Gasteiger partial charge in [0.05, 0.1) is 27.2 Å². The van der Waals surface area contributed by atoms with E-state index in [0.717, 1.165) is 9.87 Å². The van der Waals surface area contributed by atoms with Crippen LogP contribution in [0.4, 0.5) is 5.69 Å². The van der Waals surface area contributed by atoms with E-state index >= 15 is 0 Å². The van der Waals surface area contributed by atoms with Gasteiger partial charge in [0.15, 0.2) is 0 Å². The molecule has 0 aliphatic carbocycles. The predicted molar refractivity (Wildman–Crippen MR) is 108 cm³/mol. The van der Waals surface area contributed by atoms with Crippen molar-refractivity contribution in [2.75, 3.05) is 17.5 Å². The molecule has 0 aliphatic rings. The molecule has 0 aromatic heterocycles. The maximum absolute atomic E-state index is 13.2. The van der Waals surface area contributed by atoms with Gasteiger partial charge in [0.2, 0.25) is 0 Å². The summed E-state index contributed by atoms with van der Waals surface area (Å²) in [7, 11) is -4.05. The molecule has 2 aromatic carbocycles. The summed E-state index contributed by atoms with van der Waals surface area (Å²) in [6.07, 6.45) is 0. The highest BCUT2D eigenvalue weighted by atomic mass is 35.5. The number of sulfonamides is 1. The van der Waals surface area contributed by atoms with Crippen LogP contribution in [0.25, 0.3) is 0 Å². The van der Waals surface area contributed by atoms with Gasteiger partial charge in [0.25, 0.3) is 10.0 Å². The lowest BCUT2D eigenvalue weighted by atomic mass is 10.0. The van der Waals surface area contributed by atoms with Gasteiger partial charge < -0.3 is 4.74 Å². The molecule has 0 spiro atoms. The number of ether oxygens (including phenoxy) is 1. The zero-order valence-corrected chi connectivity index (χ0v) is 17.6. The summed E-state index contributed by atoms with van der Waals surface area (Å²) in [5, 5.41) is 0.359. The fraction of sp³-hybridized carbons (Fsp3) is 0.316. The van der Waals surface area contributed by atoms with Crippen LogP contribution in [-0.2, 0) is 19.6 Å². The van der Waals surface area contributed by atoms with Crippen LogP contribution in [0.5, 0.6) is 0 Å². The molecule has 2 rings (SSSR count). The zero-order valence-electron chi connectivity index (χ0n) is 15.3. The van der Waals surface area contributed by atoms with Gasteiger partial charge in [0, 0.05) is 0 Å². The Bertz CT molecular complexity index is 912. The Morgan fingerprint density at radius 3 is 2.22 bits per heavy atom. The van der Waals surface area contributed by atoms with Crippen molar-refractivity contribution in [3.8, 4) is 0 Å². The molecule has 0 amide bonds. The number of anilines is 1. The number of carbonyl (C=O) groups excluding carboxylic acids is 1. The SMILES string of the molecule is CCOC(=O)CN(c1ccc(C(C)C)cc1)S(=O)(=O)c1ccc(Cl)c(Cl)c1. The molecule has 5 nitrogen and oxygen atoms in total. The van der Waals surface area contributed by atoms with Gasteiger partial charge in [-0.05, 0) is 48.7 Å². The van der Waals surface area contributed by atoms with E-state index < -0.39 is 22.5 Å². The average molecular weight is 430 g/mol. The Labute approximate surface area is 169 Å². The molecule has 0 atom stereocenters. The van der Waals surface area contributed by atoms with Crippen LogP contribution < -0.4 is 4.31 Å². The summed E-state index contributed by atoms with van der Waals surface area (Å²) in [4.78, 5) is 12.0. The molecule has 146 valence electrons. The number of benzene rings is 2. The van der Waals surface area contributed by atoms with Gasteiger partial charge in [0.1, 0.15) is 6.54 Å². The molecule has 2 aromatic rings. The number of hydrogen-bond acceptors (Lipinski definition) is 4. The third kappa shape index (κ3) is 5.15. The van der Waals surface area contributed by atoms with Crippen molar-refractivity contribution in [1.82, 2.24) is 0 Å². The van der Waals surface area contributed by atoms with Crippen molar-refractivity contribution in [1.29, 1.82) is 0 Å². The first-order valence-electron chi connectivity index (χ1n) is 8.40. The Morgan fingerprint density at radius 2 is 1.70 bits per heavy atom.